The molecule has 0 saturated heterocycles. The lowest BCUT2D eigenvalue weighted by Gasteiger charge is -2.45. The Kier molecular flexibility index (Phi) is 4.62. The third-order valence-electron chi connectivity index (χ3n) is 5.50. The number of nitrogens with one attached hydrogen (secondary N) is 1. The second kappa shape index (κ2) is 6.61. The topological polar surface area (TPSA) is 96.0 Å². The average Bonchev–Trinajstić information content (AvgIpc) is 3.35. The fraction of sp³-hybridized carbons (Fsp3) is 0.526. The van der Waals surface area contributed by atoms with Crippen LogP contribution in [0.4, 0.5) is 13.2 Å². The number of hydrogen-bond acceptors (Lipinski definition) is 5. The van der Waals surface area contributed by atoms with Gasteiger partial charge in [0, 0.05) is 11.8 Å². The molecule has 11 heteroatoms. The molecule has 2 aromatic rings. The number of carbonyl (C=O) groups is 1. The molecule has 1 aliphatic carbocycles. The fourth-order valence-electron chi connectivity index (χ4n) is 4.03. The van der Waals surface area contributed by atoms with E-state index in [1.54, 1.807) is 20.8 Å². The molecule has 0 aromatic carbocycles. The molecule has 0 bridgehead atoms. The van der Waals surface area contributed by atoms with Crippen LogP contribution < -0.4 is 0 Å². The van der Waals surface area contributed by atoms with Gasteiger partial charge in [-0.1, -0.05) is 20.8 Å². The van der Waals surface area contributed by atoms with Gasteiger partial charge in [-0.2, -0.15) is 22.6 Å². The van der Waals surface area contributed by atoms with Gasteiger partial charge in [0.2, 0.25) is 10.0 Å². The monoisotopic (exact) mass is 442 g/mol. The Morgan fingerprint density at radius 1 is 1.13 bits per heavy atom. The zero-order valence-corrected chi connectivity index (χ0v) is 17.4. The minimum atomic E-state index is -4.68. The van der Waals surface area contributed by atoms with Gasteiger partial charge in [0.25, 0.3) is 0 Å². The minimum absolute atomic E-state index is 0.0106. The predicted octanol–water partition coefficient (Wildman–Crippen LogP) is 3.58. The van der Waals surface area contributed by atoms with E-state index in [2.05, 4.69) is 15.2 Å². The highest BCUT2D eigenvalue weighted by molar-refractivity contribution is 7.89. The first kappa shape index (κ1) is 21.0. The molecule has 2 unspecified atom stereocenters. The molecule has 1 fully saturated rings. The highest BCUT2D eigenvalue weighted by atomic mass is 32.2. The third kappa shape index (κ3) is 3.33. The minimum Gasteiger partial charge on any atom is -0.291 e. The molecule has 162 valence electrons. The normalized spacial score (nSPS) is 23.5. The van der Waals surface area contributed by atoms with Crippen molar-refractivity contribution in [3.63, 3.8) is 0 Å². The number of sulfonamides is 1. The lowest BCUT2D eigenvalue weighted by atomic mass is 9.78. The Balaban J connectivity index is 1.87. The maximum atomic E-state index is 13.6. The fourth-order valence-corrected chi connectivity index (χ4v) is 5.97. The van der Waals surface area contributed by atoms with E-state index in [4.69, 9.17) is 0 Å². The van der Waals surface area contributed by atoms with Gasteiger partial charge in [0.1, 0.15) is 16.3 Å². The van der Waals surface area contributed by atoms with Crippen molar-refractivity contribution >= 4 is 15.8 Å². The number of nitrogens with zero attached hydrogens (tertiary/aromatic N) is 3. The third-order valence-corrected chi connectivity index (χ3v) is 7.33. The van der Waals surface area contributed by atoms with Crippen molar-refractivity contribution in [2.45, 2.75) is 56.8 Å². The first-order chi connectivity index (χ1) is 13.8. The van der Waals surface area contributed by atoms with E-state index in [0.717, 1.165) is 18.9 Å². The molecule has 4 rings (SSSR count). The van der Waals surface area contributed by atoms with Crippen LogP contribution in [0.25, 0.3) is 0 Å². The number of hydrogen-bond donors (Lipinski definition) is 1. The van der Waals surface area contributed by atoms with Crippen molar-refractivity contribution in [1.29, 1.82) is 0 Å². The van der Waals surface area contributed by atoms with Gasteiger partial charge in [-0.3, -0.25) is 14.9 Å². The van der Waals surface area contributed by atoms with Crippen molar-refractivity contribution in [2.24, 2.45) is 11.3 Å². The molecule has 2 atom stereocenters. The summed E-state index contributed by atoms with van der Waals surface area (Å²) in [7, 11) is -4.32. The number of halogens is 3. The van der Waals surface area contributed by atoms with Gasteiger partial charge in [-0.05, 0) is 36.3 Å². The Hall–Kier alpha value is -2.27. The van der Waals surface area contributed by atoms with Gasteiger partial charge < -0.3 is 0 Å². The number of aromatic amines is 1. The van der Waals surface area contributed by atoms with E-state index in [0.29, 0.717) is 23.5 Å². The van der Waals surface area contributed by atoms with Gasteiger partial charge >= 0.3 is 6.18 Å². The second-order valence-electron chi connectivity index (χ2n) is 8.83. The highest BCUT2D eigenvalue weighted by Gasteiger charge is 2.55. The number of alkyl halides is 3. The number of fused-ring (bicyclic) bond motifs is 1. The van der Waals surface area contributed by atoms with Gasteiger partial charge in [-0.25, -0.2) is 8.42 Å². The zero-order valence-electron chi connectivity index (χ0n) is 16.6. The van der Waals surface area contributed by atoms with Crippen LogP contribution in [0.5, 0.6) is 0 Å². The van der Waals surface area contributed by atoms with Crippen LogP contribution in [0.2, 0.25) is 0 Å². The molecule has 1 N–H and O–H groups in total. The van der Waals surface area contributed by atoms with E-state index < -0.39 is 45.2 Å². The molecule has 1 aliphatic heterocycles. The molecular formula is C19H21F3N4O3S. The smallest absolute Gasteiger partial charge is 0.291 e. The van der Waals surface area contributed by atoms with E-state index >= 15 is 0 Å². The van der Waals surface area contributed by atoms with Crippen LogP contribution in [0, 0.1) is 11.3 Å². The summed E-state index contributed by atoms with van der Waals surface area (Å²) in [4.78, 5) is 16.2. The molecule has 3 heterocycles. The molecule has 0 amide bonds. The summed E-state index contributed by atoms with van der Waals surface area (Å²) in [6.07, 6.45) is -0.936. The quantitative estimate of drug-likeness (QED) is 0.784. The number of Topliss-reactive ketones (excluding diaryl/α,β-unsaturated/α-hetero) is 1. The molecule has 0 spiro atoms. The van der Waals surface area contributed by atoms with Gasteiger partial charge in [0.15, 0.2) is 5.78 Å². The number of rotatable bonds is 3. The second-order valence-corrected chi connectivity index (χ2v) is 10.7. The van der Waals surface area contributed by atoms with Crippen molar-refractivity contribution in [1.82, 2.24) is 19.5 Å². The van der Waals surface area contributed by atoms with Crippen LogP contribution in [0.1, 0.15) is 61.4 Å². The van der Waals surface area contributed by atoms with E-state index in [1.807, 2.05) is 0 Å². The zero-order chi connectivity index (χ0) is 22.1. The lowest BCUT2D eigenvalue weighted by molar-refractivity contribution is -0.141. The van der Waals surface area contributed by atoms with Gasteiger partial charge in [-0.15, -0.1) is 0 Å². The molecular weight excluding hydrogens is 421 g/mol. The largest absolute Gasteiger partial charge is 0.433 e. The van der Waals surface area contributed by atoms with Crippen LogP contribution >= 0.6 is 0 Å². The van der Waals surface area contributed by atoms with E-state index in [-0.39, 0.29) is 10.8 Å². The Morgan fingerprint density at radius 2 is 1.80 bits per heavy atom. The van der Waals surface area contributed by atoms with Crippen molar-refractivity contribution in [2.75, 3.05) is 0 Å². The lowest BCUT2D eigenvalue weighted by Crippen LogP contribution is -2.56. The standard InChI is InChI=1S/C19H21F3N4O3S/c1-18(2,3)17-16(27)14-12(9-24-25-14)15(10-4-5-10)26(17)30(28,29)11-6-7-13(23-8-11)19(20,21)22/h6-10,15,17H,4-5H2,1-3H3,(H,24,25). The average molecular weight is 442 g/mol. The van der Waals surface area contributed by atoms with Gasteiger partial charge in [0.05, 0.1) is 18.3 Å². The Bertz CT molecular complexity index is 1080. The maximum absolute atomic E-state index is 13.6. The van der Waals surface area contributed by atoms with E-state index in [9.17, 15) is 26.4 Å². The maximum Gasteiger partial charge on any atom is 0.433 e. The Labute approximate surface area is 171 Å². The van der Waals surface area contributed by atoms with E-state index in [1.165, 1.54) is 10.5 Å². The first-order valence-corrected chi connectivity index (χ1v) is 10.9. The molecule has 0 radical (unpaired) electrons. The van der Waals surface area contributed by atoms with Crippen LogP contribution in [-0.2, 0) is 16.2 Å². The number of aromatic nitrogens is 3. The summed E-state index contributed by atoms with van der Waals surface area (Å²) < 4.78 is 67.1. The summed E-state index contributed by atoms with van der Waals surface area (Å²) in [5.41, 5.74) is -1.14. The number of ketones is 1. The van der Waals surface area contributed by atoms with Crippen molar-refractivity contribution in [3.05, 3.63) is 41.5 Å². The molecule has 30 heavy (non-hydrogen) atoms. The van der Waals surface area contributed by atoms with Crippen LogP contribution in [0.15, 0.2) is 29.4 Å². The summed E-state index contributed by atoms with van der Waals surface area (Å²) in [6.45, 7) is 5.28. The van der Waals surface area contributed by atoms with Crippen LogP contribution in [-0.4, -0.2) is 39.7 Å². The highest BCUT2D eigenvalue weighted by Crippen LogP contribution is 2.52. The number of carbonyl (C=O) groups excluding carboxylic acids is 1. The SMILES string of the molecule is CC(C)(C)C1C(=O)c2[nH]ncc2C(C2CC2)N1S(=O)(=O)c1ccc(C(F)(F)F)nc1. The molecule has 2 aliphatic rings. The van der Waals surface area contributed by atoms with Crippen LogP contribution in [0.3, 0.4) is 0 Å². The Morgan fingerprint density at radius 3 is 2.30 bits per heavy atom. The van der Waals surface area contributed by atoms with Crippen molar-refractivity contribution in [3.8, 4) is 0 Å². The summed E-state index contributed by atoms with van der Waals surface area (Å²) in [5, 5.41) is 6.65. The summed E-state index contributed by atoms with van der Waals surface area (Å²) in [6, 6.07) is -0.124. The molecule has 7 nitrogen and oxygen atoms in total. The summed E-state index contributed by atoms with van der Waals surface area (Å²) >= 11 is 0. The number of pyridine rings is 1. The number of H-pyrrole nitrogens is 1. The molecule has 1 saturated carbocycles. The van der Waals surface area contributed by atoms with Crippen molar-refractivity contribution < 1.29 is 26.4 Å². The summed E-state index contributed by atoms with van der Waals surface area (Å²) in [5.74, 6) is -0.396. The predicted molar refractivity (Wildman–Crippen MR) is 99.9 cm³/mol. The molecule has 2 aromatic heterocycles. The first-order valence-electron chi connectivity index (χ1n) is 9.48.